The lowest BCUT2D eigenvalue weighted by Crippen LogP contribution is -2.25. The van der Waals surface area contributed by atoms with Gasteiger partial charge in [-0.2, -0.15) is 0 Å². The largest absolute Gasteiger partial charge is 0.455 e. The molecule has 1 atom stereocenters. The molecule has 0 bridgehead atoms. The van der Waals surface area contributed by atoms with Crippen LogP contribution in [0.25, 0.3) is 0 Å². The molecule has 0 spiro atoms. The van der Waals surface area contributed by atoms with Crippen molar-refractivity contribution >= 4 is 52.7 Å². The number of benzene rings is 1. The molecule has 0 aliphatic rings. The van der Waals surface area contributed by atoms with E-state index in [1.807, 2.05) is 30.3 Å². The quantitative estimate of drug-likeness (QED) is 0.578. The zero-order chi connectivity index (χ0) is 18.4. The van der Waals surface area contributed by atoms with E-state index in [9.17, 15) is 9.59 Å². The third-order valence-electron chi connectivity index (χ3n) is 3.10. The van der Waals surface area contributed by atoms with Gasteiger partial charge in [0.1, 0.15) is 5.25 Å². The van der Waals surface area contributed by atoms with Crippen molar-refractivity contribution in [2.45, 2.75) is 24.0 Å². The van der Waals surface area contributed by atoms with Crippen molar-refractivity contribution in [1.29, 1.82) is 0 Å². The van der Waals surface area contributed by atoms with Crippen molar-refractivity contribution in [2.24, 2.45) is 0 Å². The lowest BCUT2D eigenvalue weighted by atomic mass is 10.3. The molecule has 0 unspecified atom stereocenters. The monoisotopic (exact) mass is 398 g/mol. The Morgan fingerprint density at radius 3 is 2.60 bits per heavy atom. The van der Waals surface area contributed by atoms with Gasteiger partial charge in [-0.15, -0.1) is 11.8 Å². The van der Waals surface area contributed by atoms with E-state index < -0.39 is 23.7 Å². The van der Waals surface area contributed by atoms with E-state index in [1.165, 1.54) is 17.8 Å². The smallest absolute Gasteiger partial charge is 0.319 e. The van der Waals surface area contributed by atoms with Gasteiger partial charge in [0.25, 0.3) is 5.91 Å². The number of hydrogen-bond donors (Lipinski definition) is 1. The zero-order valence-electron chi connectivity index (χ0n) is 13.6. The third kappa shape index (κ3) is 5.92. The van der Waals surface area contributed by atoms with Gasteiger partial charge < -0.3 is 10.1 Å². The molecule has 0 radical (unpaired) electrons. The molecule has 1 N–H and O–H groups in total. The number of rotatable bonds is 6. The molecule has 1 aromatic heterocycles. The van der Waals surface area contributed by atoms with Crippen molar-refractivity contribution in [3.63, 3.8) is 0 Å². The minimum absolute atomic E-state index is 0.177. The van der Waals surface area contributed by atoms with Crippen LogP contribution in [-0.4, -0.2) is 28.7 Å². The summed E-state index contributed by atoms with van der Waals surface area (Å²) in [4.78, 5) is 28.9. The molecule has 0 aliphatic carbocycles. The average Bonchev–Trinajstić information content (AvgIpc) is 2.58. The number of hydrogen-bond acceptors (Lipinski definition) is 5. The Bertz CT molecular complexity index is 772. The summed E-state index contributed by atoms with van der Waals surface area (Å²) < 4.78 is 5.04. The number of ether oxygens (including phenoxy) is 1. The van der Waals surface area contributed by atoms with Gasteiger partial charge in [-0.3, -0.25) is 9.59 Å². The Hall–Kier alpha value is -1.76. The molecule has 132 valence electrons. The fourth-order valence-electron chi connectivity index (χ4n) is 1.82. The number of thioether (sulfide) groups is 1. The zero-order valence-corrected chi connectivity index (χ0v) is 15.9. The summed E-state index contributed by atoms with van der Waals surface area (Å²) in [5, 5.41) is 2.68. The second-order valence-corrected chi connectivity index (χ2v) is 7.34. The Morgan fingerprint density at radius 1 is 1.24 bits per heavy atom. The van der Waals surface area contributed by atoms with Crippen LogP contribution < -0.4 is 5.32 Å². The Labute approximate surface area is 160 Å². The van der Waals surface area contributed by atoms with Crippen LogP contribution in [0.2, 0.25) is 10.0 Å². The first-order chi connectivity index (χ1) is 11.9. The van der Waals surface area contributed by atoms with Gasteiger partial charge in [-0.05, 0) is 32.0 Å². The van der Waals surface area contributed by atoms with Crippen LogP contribution >= 0.6 is 35.0 Å². The molecule has 0 fully saturated rings. The molecule has 1 heterocycles. The highest BCUT2D eigenvalue weighted by Crippen LogP contribution is 2.26. The first-order valence-electron chi connectivity index (χ1n) is 7.37. The number of nitrogens with one attached hydrogen (secondary N) is 1. The van der Waals surface area contributed by atoms with Crippen LogP contribution in [0, 0.1) is 6.92 Å². The number of aromatic nitrogens is 1. The Balaban J connectivity index is 1.85. The number of carbonyl (C=O) groups is 2. The molecule has 25 heavy (non-hydrogen) atoms. The summed E-state index contributed by atoms with van der Waals surface area (Å²) in [6.07, 6.45) is 0. The molecular weight excluding hydrogens is 383 g/mol. The van der Waals surface area contributed by atoms with Crippen molar-refractivity contribution in [3.8, 4) is 0 Å². The standard InChI is InChI=1S/C17H16Cl2N2O3S/c1-10-13(18)8-14(19)16(20-10)21-15(22)9-24-17(23)11(2)25-12-6-4-3-5-7-12/h3-8,11H,9H2,1-2H3,(H,20,21,22)/t11-/m0/s1. The van der Waals surface area contributed by atoms with Gasteiger partial charge >= 0.3 is 5.97 Å². The fourth-order valence-corrected chi connectivity index (χ4v) is 3.11. The van der Waals surface area contributed by atoms with Gasteiger partial charge in [-0.1, -0.05) is 41.4 Å². The van der Waals surface area contributed by atoms with Crippen molar-refractivity contribution in [2.75, 3.05) is 11.9 Å². The second-order valence-electron chi connectivity index (χ2n) is 5.12. The molecule has 0 saturated carbocycles. The summed E-state index contributed by atoms with van der Waals surface area (Å²) >= 11 is 13.2. The lowest BCUT2D eigenvalue weighted by Gasteiger charge is -2.12. The van der Waals surface area contributed by atoms with E-state index in [0.717, 1.165) is 4.90 Å². The maximum Gasteiger partial charge on any atom is 0.319 e. The molecule has 1 amide bonds. The van der Waals surface area contributed by atoms with Crippen LogP contribution in [0.4, 0.5) is 5.82 Å². The summed E-state index contributed by atoms with van der Waals surface area (Å²) in [6, 6.07) is 11.0. The van der Waals surface area contributed by atoms with Gasteiger partial charge in [0.05, 0.1) is 15.7 Å². The van der Waals surface area contributed by atoms with E-state index in [2.05, 4.69) is 10.3 Å². The molecule has 8 heteroatoms. The van der Waals surface area contributed by atoms with E-state index >= 15 is 0 Å². The molecule has 0 saturated heterocycles. The van der Waals surface area contributed by atoms with Crippen LogP contribution in [0.1, 0.15) is 12.6 Å². The van der Waals surface area contributed by atoms with Crippen LogP contribution in [0.3, 0.4) is 0 Å². The second kappa shape index (κ2) is 9.08. The molecule has 5 nitrogen and oxygen atoms in total. The first-order valence-corrected chi connectivity index (χ1v) is 9.01. The lowest BCUT2D eigenvalue weighted by molar-refractivity contribution is -0.146. The van der Waals surface area contributed by atoms with E-state index in [0.29, 0.717) is 10.7 Å². The van der Waals surface area contributed by atoms with E-state index in [4.69, 9.17) is 27.9 Å². The highest BCUT2D eigenvalue weighted by Gasteiger charge is 2.18. The SMILES string of the molecule is Cc1nc(NC(=O)COC(=O)[C@H](C)Sc2ccccc2)c(Cl)cc1Cl. The number of anilines is 1. The van der Waals surface area contributed by atoms with Gasteiger partial charge in [0.2, 0.25) is 0 Å². The molecular formula is C17H16Cl2N2O3S. The number of amides is 1. The van der Waals surface area contributed by atoms with Gasteiger partial charge in [0, 0.05) is 4.90 Å². The maximum absolute atomic E-state index is 12.0. The highest BCUT2D eigenvalue weighted by molar-refractivity contribution is 8.00. The third-order valence-corrected chi connectivity index (χ3v) is 4.86. The summed E-state index contributed by atoms with van der Waals surface area (Å²) in [6.45, 7) is 2.99. The molecule has 2 rings (SSSR count). The van der Waals surface area contributed by atoms with Crippen molar-refractivity contribution in [1.82, 2.24) is 4.98 Å². The van der Waals surface area contributed by atoms with Crippen molar-refractivity contribution < 1.29 is 14.3 Å². The minimum atomic E-state index is -0.526. The number of aryl methyl sites for hydroxylation is 1. The topological polar surface area (TPSA) is 68.3 Å². The normalized spacial score (nSPS) is 11.7. The van der Waals surface area contributed by atoms with Crippen LogP contribution in [-0.2, 0) is 14.3 Å². The number of carbonyl (C=O) groups excluding carboxylic acids is 2. The summed E-state index contributed by atoms with van der Waals surface area (Å²) in [5.74, 6) is -0.826. The fraction of sp³-hybridized carbons (Fsp3) is 0.235. The van der Waals surface area contributed by atoms with Crippen LogP contribution in [0.5, 0.6) is 0 Å². The highest BCUT2D eigenvalue weighted by atomic mass is 35.5. The molecule has 1 aromatic carbocycles. The number of pyridine rings is 1. The van der Waals surface area contributed by atoms with Crippen LogP contribution in [0.15, 0.2) is 41.3 Å². The maximum atomic E-state index is 12.0. The Kier molecular flexibility index (Phi) is 7.11. The van der Waals surface area contributed by atoms with E-state index in [-0.39, 0.29) is 10.8 Å². The summed E-state index contributed by atoms with van der Waals surface area (Å²) in [7, 11) is 0. The van der Waals surface area contributed by atoms with Crippen molar-refractivity contribution in [3.05, 3.63) is 52.1 Å². The Morgan fingerprint density at radius 2 is 1.92 bits per heavy atom. The number of nitrogens with zero attached hydrogens (tertiary/aromatic N) is 1. The predicted molar refractivity (Wildman–Crippen MR) is 100 cm³/mol. The number of esters is 1. The predicted octanol–water partition coefficient (Wildman–Crippen LogP) is 4.36. The molecule has 0 aliphatic heterocycles. The minimum Gasteiger partial charge on any atom is -0.455 e. The van der Waals surface area contributed by atoms with Gasteiger partial charge in [0.15, 0.2) is 12.4 Å². The van der Waals surface area contributed by atoms with Gasteiger partial charge in [-0.25, -0.2) is 4.98 Å². The number of halogens is 2. The molecule has 2 aromatic rings. The average molecular weight is 399 g/mol. The summed E-state index contributed by atoms with van der Waals surface area (Å²) in [5.41, 5.74) is 0.534. The first kappa shape index (κ1) is 19.6. The van der Waals surface area contributed by atoms with E-state index in [1.54, 1.807) is 13.8 Å².